The van der Waals surface area contributed by atoms with Crippen molar-refractivity contribution in [3.8, 4) is 0 Å². The van der Waals surface area contributed by atoms with Crippen LogP contribution in [0.3, 0.4) is 0 Å². The number of rotatable bonds is 3. The third-order valence-electron chi connectivity index (χ3n) is 0.995. The standard InChI is InChI=1S/C6H5IO3/c7-9-4-6-2-1-5(3-8)10-6/h1-3H,4H2. The molecule has 0 bridgehead atoms. The summed E-state index contributed by atoms with van der Waals surface area (Å²) in [7, 11) is 0. The molecule has 0 unspecified atom stereocenters. The number of aldehydes is 1. The molecule has 0 saturated carbocycles. The number of carbonyl (C=O) groups is 1. The van der Waals surface area contributed by atoms with Crippen LogP contribution in [-0.4, -0.2) is 6.29 Å². The molecule has 0 atom stereocenters. The Morgan fingerprint density at radius 3 is 3.00 bits per heavy atom. The highest BCUT2D eigenvalue weighted by atomic mass is 127. The highest BCUT2D eigenvalue weighted by Gasteiger charge is 1.98. The SMILES string of the molecule is O=Cc1ccc(COI)o1. The van der Waals surface area contributed by atoms with Crippen molar-refractivity contribution in [2.75, 3.05) is 0 Å². The van der Waals surface area contributed by atoms with Crippen molar-refractivity contribution in [2.24, 2.45) is 0 Å². The number of hydrogen-bond donors (Lipinski definition) is 0. The summed E-state index contributed by atoms with van der Waals surface area (Å²) in [5, 5.41) is 0. The van der Waals surface area contributed by atoms with Crippen LogP contribution in [0, 0.1) is 0 Å². The number of hydrogen-bond acceptors (Lipinski definition) is 3. The van der Waals surface area contributed by atoms with Crippen molar-refractivity contribution in [1.29, 1.82) is 0 Å². The Morgan fingerprint density at radius 1 is 1.70 bits per heavy atom. The van der Waals surface area contributed by atoms with Gasteiger partial charge in [0.15, 0.2) is 12.0 Å². The van der Waals surface area contributed by atoms with E-state index in [2.05, 4.69) is 0 Å². The van der Waals surface area contributed by atoms with E-state index in [0.717, 1.165) is 0 Å². The van der Waals surface area contributed by atoms with Gasteiger partial charge < -0.3 is 7.48 Å². The van der Waals surface area contributed by atoms with Crippen LogP contribution in [-0.2, 0) is 9.67 Å². The Bertz CT molecular complexity index is 219. The van der Waals surface area contributed by atoms with Gasteiger partial charge >= 0.3 is 0 Å². The van der Waals surface area contributed by atoms with Gasteiger partial charge in [0.05, 0.1) is 0 Å². The summed E-state index contributed by atoms with van der Waals surface area (Å²) in [6.07, 6.45) is 0.663. The van der Waals surface area contributed by atoms with E-state index in [1.165, 1.54) is 0 Å². The van der Waals surface area contributed by atoms with E-state index in [1.807, 2.05) is 0 Å². The van der Waals surface area contributed by atoms with Crippen LogP contribution in [0.25, 0.3) is 0 Å². The summed E-state index contributed by atoms with van der Waals surface area (Å²) in [4.78, 5) is 10.1. The maximum atomic E-state index is 10.1. The van der Waals surface area contributed by atoms with E-state index < -0.39 is 0 Å². The summed E-state index contributed by atoms with van der Waals surface area (Å²) in [5.74, 6) is 1.000. The van der Waals surface area contributed by atoms with Crippen molar-refractivity contribution in [1.82, 2.24) is 0 Å². The molecular weight excluding hydrogens is 247 g/mol. The molecule has 1 heterocycles. The van der Waals surface area contributed by atoms with Crippen molar-refractivity contribution >= 4 is 29.3 Å². The minimum Gasteiger partial charge on any atom is -0.456 e. The third-order valence-corrected chi connectivity index (χ3v) is 1.31. The second-order valence-corrected chi connectivity index (χ2v) is 2.30. The molecule has 3 nitrogen and oxygen atoms in total. The fourth-order valence-electron chi connectivity index (χ4n) is 0.589. The van der Waals surface area contributed by atoms with E-state index in [4.69, 9.17) is 7.48 Å². The minimum absolute atomic E-state index is 0.337. The van der Waals surface area contributed by atoms with Crippen molar-refractivity contribution in [3.63, 3.8) is 0 Å². The third kappa shape index (κ3) is 1.81. The largest absolute Gasteiger partial charge is 0.456 e. The summed E-state index contributed by atoms with van der Waals surface area (Å²) < 4.78 is 9.72. The van der Waals surface area contributed by atoms with Crippen LogP contribution >= 0.6 is 23.0 Å². The molecule has 0 aliphatic heterocycles. The van der Waals surface area contributed by atoms with E-state index in [1.54, 1.807) is 35.1 Å². The van der Waals surface area contributed by atoms with Crippen molar-refractivity contribution in [2.45, 2.75) is 6.61 Å². The summed E-state index contributed by atoms with van der Waals surface area (Å²) >= 11 is 1.76. The average Bonchev–Trinajstić information content (AvgIpc) is 2.37. The molecule has 0 fully saturated rings. The lowest BCUT2D eigenvalue weighted by Gasteiger charge is -1.87. The van der Waals surface area contributed by atoms with Gasteiger partial charge in [-0.1, -0.05) is 0 Å². The molecule has 10 heavy (non-hydrogen) atoms. The molecule has 0 radical (unpaired) electrons. The molecule has 1 aromatic heterocycles. The maximum absolute atomic E-state index is 10.1. The van der Waals surface area contributed by atoms with Gasteiger partial charge in [0.1, 0.15) is 35.4 Å². The summed E-state index contributed by atoms with van der Waals surface area (Å²) in [6, 6.07) is 3.32. The Morgan fingerprint density at radius 2 is 2.50 bits per heavy atom. The molecule has 1 aromatic rings. The first kappa shape index (κ1) is 7.74. The zero-order valence-corrected chi connectivity index (χ0v) is 7.20. The maximum Gasteiger partial charge on any atom is 0.185 e. The lowest BCUT2D eigenvalue weighted by atomic mass is 10.4. The minimum atomic E-state index is 0.337. The van der Waals surface area contributed by atoms with Gasteiger partial charge in [-0.05, 0) is 12.1 Å². The number of halogens is 1. The van der Waals surface area contributed by atoms with Crippen LogP contribution in [0.2, 0.25) is 0 Å². The smallest absolute Gasteiger partial charge is 0.185 e. The second kappa shape index (κ2) is 3.72. The van der Waals surface area contributed by atoms with Crippen LogP contribution in [0.4, 0.5) is 0 Å². The molecule has 0 N–H and O–H groups in total. The topological polar surface area (TPSA) is 39.4 Å². The summed E-state index contributed by atoms with van der Waals surface area (Å²) in [6.45, 7) is 0.397. The van der Waals surface area contributed by atoms with Gasteiger partial charge in [-0.2, -0.15) is 0 Å². The van der Waals surface area contributed by atoms with E-state index >= 15 is 0 Å². The second-order valence-electron chi connectivity index (χ2n) is 1.68. The van der Waals surface area contributed by atoms with Gasteiger partial charge in [0, 0.05) is 0 Å². The van der Waals surface area contributed by atoms with E-state index in [-0.39, 0.29) is 0 Å². The molecule has 4 heteroatoms. The molecule has 0 aliphatic carbocycles. The van der Waals surface area contributed by atoms with Crippen LogP contribution in [0.15, 0.2) is 16.5 Å². The molecule has 1 rings (SSSR count). The van der Waals surface area contributed by atoms with Gasteiger partial charge in [-0.3, -0.25) is 4.79 Å². The van der Waals surface area contributed by atoms with Gasteiger partial charge in [-0.25, -0.2) is 0 Å². The zero-order chi connectivity index (χ0) is 7.40. The molecule has 0 aliphatic rings. The Labute approximate surface area is 72.0 Å². The Kier molecular flexibility index (Phi) is 2.88. The van der Waals surface area contributed by atoms with Crippen LogP contribution in [0.1, 0.15) is 16.3 Å². The molecule has 54 valence electrons. The van der Waals surface area contributed by atoms with Crippen LogP contribution in [0.5, 0.6) is 0 Å². The first-order valence-corrected chi connectivity index (χ1v) is 3.52. The molecule has 0 aromatic carbocycles. The predicted octanol–water partition coefficient (Wildman–Crippen LogP) is 1.96. The Hall–Kier alpha value is -0.360. The quantitative estimate of drug-likeness (QED) is 0.609. The average molecular weight is 252 g/mol. The zero-order valence-electron chi connectivity index (χ0n) is 5.04. The van der Waals surface area contributed by atoms with E-state index in [9.17, 15) is 4.79 Å². The van der Waals surface area contributed by atoms with E-state index in [0.29, 0.717) is 24.4 Å². The lowest BCUT2D eigenvalue weighted by Crippen LogP contribution is -1.77. The van der Waals surface area contributed by atoms with Crippen LogP contribution < -0.4 is 0 Å². The highest BCUT2D eigenvalue weighted by Crippen LogP contribution is 2.07. The fraction of sp³-hybridized carbons (Fsp3) is 0.167. The predicted molar refractivity (Wildman–Crippen MR) is 42.9 cm³/mol. The molecular formula is C6H5IO3. The first-order valence-electron chi connectivity index (χ1n) is 2.64. The highest BCUT2D eigenvalue weighted by molar-refractivity contribution is 14.1. The number of carbonyl (C=O) groups excluding carboxylic acids is 1. The van der Waals surface area contributed by atoms with Gasteiger partial charge in [0.2, 0.25) is 0 Å². The number of furan rings is 1. The molecule has 0 saturated heterocycles. The summed E-state index contributed by atoms with van der Waals surface area (Å²) in [5.41, 5.74) is 0. The van der Waals surface area contributed by atoms with Gasteiger partial charge in [-0.15, -0.1) is 0 Å². The lowest BCUT2D eigenvalue weighted by molar-refractivity contribution is 0.109. The first-order chi connectivity index (χ1) is 4.86. The Balaban J connectivity index is 2.68. The normalized spacial score (nSPS) is 9.70. The molecule has 0 spiro atoms. The van der Waals surface area contributed by atoms with Gasteiger partial charge in [0.25, 0.3) is 0 Å². The van der Waals surface area contributed by atoms with Crippen molar-refractivity contribution < 1.29 is 12.3 Å². The monoisotopic (exact) mass is 252 g/mol. The van der Waals surface area contributed by atoms with Crippen molar-refractivity contribution in [3.05, 3.63) is 23.7 Å². The fourth-order valence-corrected chi connectivity index (χ4v) is 0.896. The molecule has 0 amide bonds.